The van der Waals surface area contributed by atoms with Crippen LogP contribution >= 0.6 is 11.3 Å². The largest absolute Gasteiger partial charge is 0.369 e. The Hall–Kier alpha value is -1.21. The Kier molecular flexibility index (Phi) is 4.52. The van der Waals surface area contributed by atoms with Crippen molar-refractivity contribution in [2.45, 2.75) is 62.0 Å². The molecule has 29 heavy (non-hydrogen) atoms. The van der Waals surface area contributed by atoms with Crippen molar-refractivity contribution in [3.8, 4) is 0 Å². The van der Waals surface area contributed by atoms with Crippen LogP contribution in [0.2, 0.25) is 0 Å². The Morgan fingerprint density at radius 3 is 2.38 bits per heavy atom. The molecule has 0 aromatic carbocycles. The van der Waals surface area contributed by atoms with Gasteiger partial charge >= 0.3 is 0 Å². The molecule has 4 bridgehead atoms. The van der Waals surface area contributed by atoms with E-state index in [-0.39, 0.29) is 22.9 Å². The van der Waals surface area contributed by atoms with Crippen LogP contribution in [0.5, 0.6) is 0 Å². The Balaban J connectivity index is 1.25. The van der Waals surface area contributed by atoms with Gasteiger partial charge in [0.05, 0.1) is 5.75 Å². The number of primary amides is 1. The third-order valence-corrected chi connectivity index (χ3v) is 11.7. The number of hydrogen-bond acceptors (Lipinski definition) is 5. The molecule has 2 unspecified atom stereocenters. The summed E-state index contributed by atoms with van der Waals surface area (Å²) in [6, 6.07) is 3.39. The summed E-state index contributed by atoms with van der Waals surface area (Å²) in [4.78, 5) is 25.4. The van der Waals surface area contributed by atoms with E-state index >= 15 is 0 Å². The van der Waals surface area contributed by atoms with E-state index in [2.05, 4.69) is 0 Å². The van der Waals surface area contributed by atoms with Crippen molar-refractivity contribution in [2.75, 3.05) is 5.75 Å². The molecule has 5 saturated carbocycles. The summed E-state index contributed by atoms with van der Waals surface area (Å²) >= 11 is 1.24. The van der Waals surface area contributed by atoms with E-state index in [1.807, 2.05) is 0 Å². The zero-order chi connectivity index (χ0) is 20.4. The molecule has 5 nitrogen and oxygen atoms in total. The highest BCUT2D eigenvalue weighted by Crippen LogP contribution is 2.63. The molecule has 1 aromatic heterocycles. The number of rotatable bonds is 8. The molecular weight excluding hydrogens is 406 g/mol. The molecule has 1 heterocycles. The Bertz CT molecular complexity index is 916. The summed E-state index contributed by atoms with van der Waals surface area (Å²) in [6.45, 7) is 0. The van der Waals surface area contributed by atoms with Gasteiger partial charge in [0.15, 0.2) is 9.84 Å². The van der Waals surface area contributed by atoms with Crippen molar-refractivity contribution in [3.05, 3.63) is 17.5 Å². The van der Waals surface area contributed by atoms with Crippen molar-refractivity contribution in [2.24, 2.45) is 40.2 Å². The van der Waals surface area contributed by atoms with Crippen LogP contribution in [-0.4, -0.2) is 25.9 Å². The van der Waals surface area contributed by atoms with E-state index in [0.717, 1.165) is 44.9 Å². The summed E-state index contributed by atoms with van der Waals surface area (Å²) in [5, 5.41) is 1.77. The highest BCUT2D eigenvalue weighted by atomic mass is 32.2. The van der Waals surface area contributed by atoms with Crippen molar-refractivity contribution in [1.82, 2.24) is 0 Å². The fraction of sp³-hybridized carbons (Fsp3) is 0.727. The smallest absolute Gasteiger partial charge is 0.223 e. The molecule has 7 heteroatoms. The minimum Gasteiger partial charge on any atom is -0.369 e. The van der Waals surface area contributed by atoms with Gasteiger partial charge in [0.2, 0.25) is 5.91 Å². The summed E-state index contributed by atoms with van der Waals surface area (Å²) in [7, 11) is -3.30. The normalized spacial score (nSPS) is 36.8. The number of ketones is 1. The lowest BCUT2D eigenvalue weighted by atomic mass is 9.45. The molecule has 0 aliphatic heterocycles. The molecule has 0 spiro atoms. The Morgan fingerprint density at radius 2 is 1.83 bits per heavy atom. The fourth-order valence-corrected chi connectivity index (χ4v) is 9.48. The molecule has 2 atom stereocenters. The van der Waals surface area contributed by atoms with Crippen LogP contribution < -0.4 is 5.73 Å². The predicted octanol–water partition coefficient (Wildman–Crippen LogP) is 3.58. The molecule has 1 amide bonds. The van der Waals surface area contributed by atoms with Crippen LogP contribution in [0.25, 0.3) is 0 Å². The maximum atomic E-state index is 13.3. The highest BCUT2D eigenvalue weighted by molar-refractivity contribution is 7.93. The second-order valence-electron chi connectivity index (χ2n) is 10.2. The highest BCUT2D eigenvalue weighted by Gasteiger charge is 2.59. The first-order chi connectivity index (χ1) is 13.7. The second kappa shape index (κ2) is 6.64. The number of sulfone groups is 1. The Labute approximate surface area is 176 Å². The van der Waals surface area contributed by atoms with Gasteiger partial charge in [0.1, 0.15) is 9.99 Å². The number of carbonyl (C=O) groups excluding carboxylic acids is 2. The number of hydrogen-bond donors (Lipinski definition) is 1. The van der Waals surface area contributed by atoms with Gasteiger partial charge in [-0.25, -0.2) is 8.42 Å². The number of nitrogens with two attached hydrogens (primary N) is 1. The van der Waals surface area contributed by atoms with E-state index in [0.29, 0.717) is 40.7 Å². The lowest BCUT2D eigenvalue weighted by Crippen LogP contribution is -2.56. The van der Waals surface area contributed by atoms with Crippen LogP contribution in [0, 0.1) is 34.5 Å². The zero-order valence-corrected chi connectivity index (χ0v) is 18.3. The summed E-state index contributed by atoms with van der Waals surface area (Å²) < 4.78 is 25.5. The summed E-state index contributed by atoms with van der Waals surface area (Å²) in [6.07, 6.45) is 7.56. The first kappa shape index (κ1) is 19.7. The maximum Gasteiger partial charge on any atom is 0.223 e. The number of amides is 1. The summed E-state index contributed by atoms with van der Waals surface area (Å²) in [5.74, 6) is 2.01. The predicted molar refractivity (Wildman–Crippen MR) is 111 cm³/mol. The molecule has 0 radical (unpaired) electrons. The molecule has 2 N–H and O–H groups in total. The van der Waals surface area contributed by atoms with Crippen LogP contribution in [0.1, 0.15) is 57.8 Å². The SMILES string of the molecule is NC(=O)C12CC3CC(C1)C(CC(=O)C1(CCS(=O)(=O)c4cccs4)CC1)C(C3)C2. The lowest BCUT2D eigenvalue weighted by molar-refractivity contribution is -0.152. The standard InChI is InChI=1S/C22H29NO4S2/c23-20(25)22-11-14-8-15(12-22)17(16(9-14)13-22)10-18(24)21(3-4-21)5-7-29(26,27)19-2-1-6-28-19/h1-2,6,14-17H,3-5,7-13H2,(H2,23,25). The van der Waals surface area contributed by atoms with Crippen LogP contribution in [0.3, 0.4) is 0 Å². The van der Waals surface area contributed by atoms with Gasteiger partial charge in [-0.15, -0.1) is 11.3 Å². The molecular formula is C22H29NO4S2. The van der Waals surface area contributed by atoms with Crippen molar-refractivity contribution < 1.29 is 18.0 Å². The first-order valence-electron chi connectivity index (χ1n) is 10.8. The fourth-order valence-electron chi connectivity index (χ4n) is 6.89. The van der Waals surface area contributed by atoms with Crippen LogP contribution in [0.15, 0.2) is 21.7 Å². The minimum absolute atomic E-state index is 0.0592. The molecule has 0 saturated heterocycles. The van der Waals surface area contributed by atoms with Gasteiger partial charge in [-0.2, -0.15) is 0 Å². The zero-order valence-electron chi connectivity index (χ0n) is 16.6. The van der Waals surface area contributed by atoms with Crippen molar-refractivity contribution in [1.29, 1.82) is 0 Å². The van der Waals surface area contributed by atoms with Crippen LogP contribution in [-0.2, 0) is 19.4 Å². The lowest BCUT2D eigenvalue weighted by Gasteiger charge is -2.59. The van der Waals surface area contributed by atoms with Gasteiger partial charge in [-0.3, -0.25) is 9.59 Å². The molecule has 1 aromatic rings. The minimum atomic E-state index is -3.30. The molecule has 5 fully saturated rings. The van der Waals surface area contributed by atoms with Gasteiger partial charge < -0.3 is 5.73 Å². The summed E-state index contributed by atoms with van der Waals surface area (Å²) in [5.41, 5.74) is 5.04. The molecule has 5 aliphatic rings. The quantitative estimate of drug-likeness (QED) is 0.675. The first-order valence-corrected chi connectivity index (χ1v) is 13.4. The average molecular weight is 436 g/mol. The third-order valence-electron chi connectivity index (χ3n) is 8.51. The van der Waals surface area contributed by atoms with Gasteiger partial charge in [-0.1, -0.05) is 6.07 Å². The Morgan fingerprint density at radius 1 is 1.14 bits per heavy atom. The number of Topliss-reactive ketones (excluding diaryl/α,β-unsaturated/α-hetero) is 1. The maximum absolute atomic E-state index is 13.3. The number of thiophene rings is 1. The van der Waals surface area contributed by atoms with Gasteiger partial charge in [-0.05, 0) is 86.5 Å². The second-order valence-corrected chi connectivity index (χ2v) is 13.5. The monoisotopic (exact) mass is 435 g/mol. The molecule has 5 aliphatic carbocycles. The van der Waals surface area contributed by atoms with Crippen molar-refractivity contribution >= 4 is 32.9 Å². The van der Waals surface area contributed by atoms with E-state index in [4.69, 9.17) is 5.73 Å². The van der Waals surface area contributed by atoms with E-state index < -0.39 is 15.3 Å². The third kappa shape index (κ3) is 3.29. The van der Waals surface area contributed by atoms with Gasteiger partial charge in [0.25, 0.3) is 0 Å². The van der Waals surface area contributed by atoms with E-state index in [1.54, 1.807) is 17.5 Å². The van der Waals surface area contributed by atoms with Crippen molar-refractivity contribution in [3.63, 3.8) is 0 Å². The van der Waals surface area contributed by atoms with E-state index in [1.165, 1.54) is 11.3 Å². The number of carbonyl (C=O) groups is 2. The van der Waals surface area contributed by atoms with Crippen LogP contribution in [0.4, 0.5) is 0 Å². The van der Waals surface area contributed by atoms with Gasteiger partial charge in [0, 0.05) is 17.3 Å². The topological polar surface area (TPSA) is 94.3 Å². The van der Waals surface area contributed by atoms with E-state index in [9.17, 15) is 18.0 Å². The molecule has 6 rings (SSSR count). The molecule has 158 valence electrons. The average Bonchev–Trinajstić information content (AvgIpc) is 3.24.